The second-order valence-electron chi connectivity index (χ2n) is 13.4. The summed E-state index contributed by atoms with van der Waals surface area (Å²) in [6.07, 6.45) is 0.983. The van der Waals surface area contributed by atoms with Crippen molar-refractivity contribution in [1.29, 1.82) is 0 Å². The average Bonchev–Trinajstić information content (AvgIpc) is 3.59. The van der Waals surface area contributed by atoms with E-state index in [1.807, 2.05) is 49.4 Å². The van der Waals surface area contributed by atoms with Gasteiger partial charge in [0.25, 0.3) is 0 Å². The van der Waals surface area contributed by atoms with E-state index in [1.165, 1.54) is 4.88 Å². The van der Waals surface area contributed by atoms with Gasteiger partial charge in [-0.25, -0.2) is 0 Å². The molecule has 5 heterocycles. The molecule has 1 unspecified atom stereocenters. The molecule has 3 amide bonds. The van der Waals surface area contributed by atoms with Gasteiger partial charge in [-0.3, -0.25) is 39.1 Å². The van der Waals surface area contributed by atoms with Crippen molar-refractivity contribution >= 4 is 52.1 Å². The molecule has 0 aliphatic carbocycles. The molecule has 3 aliphatic heterocycles. The van der Waals surface area contributed by atoms with Crippen molar-refractivity contribution in [1.82, 2.24) is 35.2 Å². The van der Waals surface area contributed by atoms with E-state index >= 15 is 0 Å². The third kappa shape index (κ3) is 7.62. The number of piperazine rings is 1. The Morgan fingerprint density at radius 2 is 1.75 bits per heavy atom. The van der Waals surface area contributed by atoms with Crippen LogP contribution >= 0.6 is 22.9 Å². The number of carbonyl (C=O) groups is 3. The Bertz CT molecular complexity index is 1980. The molecule has 0 bridgehead atoms. The van der Waals surface area contributed by atoms with E-state index in [1.54, 1.807) is 11.3 Å². The smallest absolute Gasteiger partial charge is 0.249 e. The first-order valence-electron chi connectivity index (χ1n) is 17.4. The van der Waals surface area contributed by atoms with Gasteiger partial charge in [0.05, 0.1) is 12.1 Å². The molecule has 0 spiro atoms. The number of para-hydroxylation sites is 1. The maximum atomic E-state index is 13.4. The summed E-state index contributed by atoms with van der Waals surface area (Å²) < 4.78 is 2.06. The quantitative estimate of drug-likeness (QED) is 0.206. The fraction of sp³-hybridized carbons (Fsp3) is 0.405. The first-order valence-corrected chi connectivity index (χ1v) is 18.6. The van der Waals surface area contributed by atoms with Crippen LogP contribution in [0.25, 0.3) is 5.00 Å². The first-order chi connectivity index (χ1) is 24.6. The molecule has 4 aromatic rings. The highest BCUT2D eigenvalue weighted by Gasteiger charge is 2.33. The van der Waals surface area contributed by atoms with Crippen LogP contribution in [-0.4, -0.2) is 93.3 Å². The molecule has 3 N–H and O–H groups in total. The Balaban J connectivity index is 0.951. The van der Waals surface area contributed by atoms with Crippen LogP contribution in [0.15, 0.2) is 53.5 Å². The van der Waals surface area contributed by atoms with Gasteiger partial charge in [0, 0.05) is 78.9 Å². The number of halogens is 1. The fourth-order valence-electron chi connectivity index (χ4n) is 6.96. The third-order valence-corrected chi connectivity index (χ3v) is 11.4. The lowest BCUT2D eigenvalue weighted by atomic mass is 9.99. The van der Waals surface area contributed by atoms with E-state index in [2.05, 4.69) is 60.4 Å². The molecule has 7 rings (SSSR count). The molecule has 2 aromatic carbocycles. The van der Waals surface area contributed by atoms with Crippen LogP contribution < -0.4 is 16.0 Å². The number of imide groups is 1. The average molecular weight is 728 g/mol. The maximum Gasteiger partial charge on any atom is 0.249 e. The van der Waals surface area contributed by atoms with Crippen molar-refractivity contribution in [2.24, 2.45) is 4.99 Å². The number of piperidine rings is 1. The number of amides is 3. The summed E-state index contributed by atoms with van der Waals surface area (Å²) in [4.78, 5) is 48.5. The molecular formula is C37H42ClN9O3S. The van der Waals surface area contributed by atoms with E-state index in [0.29, 0.717) is 30.2 Å². The van der Waals surface area contributed by atoms with Gasteiger partial charge in [0.1, 0.15) is 22.9 Å². The zero-order valence-corrected chi connectivity index (χ0v) is 30.6. The van der Waals surface area contributed by atoms with Crippen molar-refractivity contribution in [3.63, 3.8) is 0 Å². The summed E-state index contributed by atoms with van der Waals surface area (Å²) in [5.74, 6) is 0.859. The molecule has 2 fully saturated rings. The van der Waals surface area contributed by atoms with Crippen molar-refractivity contribution in [2.45, 2.75) is 58.7 Å². The molecule has 2 aromatic heterocycles. The van der Waals surface area contributed by atoms with Crippen LogP contribution in [0.1, 0.15) is 64.1 Å². The highest BCUT2D eigenvalue weighted by atomic mass is 35.5. The van der Waals surface area contributed by atoms with Gasteiger partial charge in [0.2, 0.25) is 17.7 Å². The van der Waals surface area contributed by atoms with Crippen LogP contribution in [0.5, 0.6) is 0 Å². The number of fused-ring (bicyclic) bond motifs is 3. The highest BCUT2D eigenvalue weighted by Crippen LogP contribution is 2.39. The largest absolute Gasteiger partial charge is 0.373 e. The molecule has 2 saturated heterocycles. The minimum Gasteiger partial charge on any atom is -0.373 e. The number of thiophene rings is 1. The van der Waals surface area contributed by atoms with Gasteiger partial charge in [0.15, 0.2) is 5.82 Å². The second-order valence-corrected chi connectivity index (χ2v) is 15.0. The maximum absolute atomic E-state index is 13.4. The monoisotopic (exact) mass is 727 g/mol. The molecule has 14 heteroatoms. The third-order valence-electron chi connectivity index (χ3n) is 9.93. The number of benzene rings is 2. The number of aliphatic imine (C=N–C) groups is 1. The Labute approximate surface area is 306 Å². The molecule has 2 atom stereocenters. The summed E-state index contributed by atoms with van der Waals surface area (Å²) in [6.45, 7) is 11.8. The zero-order valence-electron chi connectivity index (χ0n) is 29.0. The number of anilines is 1. The van der Waals surface area contributed by atoms with E-state index in [-0.39, 0.29) is 24.1 Å². The zero-order chi connectivity index (χ0) is 35.6. The minimum absolute atomic E-state index is 0.0803. The standard InChI is InChI=1S/C37H42ClN9O3S/c1-22-23(2)51-37-33(22)34(25-8-10-27(38)11-9-25)41-30(35-44-43-24(3)47(35)37)20-32(49)39-14-15-45-16-18-46(19-17-45)21-26-6-4-5-7-28(26)40-29-12-13-31(48)42-36(29)50/h4-11,29-30,40H,12-21H2,1-3H3,(H,39,49)(H,42,48,50)/t29?,30-/m0/s1. The normalized spacial score (nSPS) is 19.5. The molecule has 266 valence electrons. The molecular weight excluding hydrogens is 686 g/mol. The molecule has 0 saturated carbocycles. The van der Waals surface area contributed by atoms with E-state index in [4.69, 9.17) is 16.6 Å². The number of nitrogens with zero attached hydrogens (tertiary/aromatic N) is 6. The number of carbonyl (C=O) groups excluding carboxylic acids is 3. The Morgan fingerprint density at radius 3 is 2.51 bits per heavy atom. The number of nitrogens with one attached hydrogen (secondary N) is 3. The van der Waals surface area contributed by atoms with Crippen molar-refractivity contribution < 1.29 is 14.4 Å². The van der Waals surface area contributed by atoms with Gasteiger partial charge in [-0.15, -0.1) is 21.5 Å². The summed E-state index contributed by atoms with van der Waals surface area (Å²) in [6, 6.07) is 14.8. The van der Waals surface area contributed by atoms with E-state index in [9.17, 15) is 14.4 Å². The van der Waals surface area contributed by atoms with Gasteiger partial charge in [-0.2, -0.15) is 0 Å². The lowest BCUT2D eigenvalue weighted by molar-refractivity contribution is -0.133. The number of aryl methyl sites for hydroxylation is 2. The van der Waals surface area contributed by atoms with E-state index in [0.717, 1.165) is 83.7 Å². The molecule has 0 radical (unpaired) electrons. The predicted octanol–water partition coefficient (Wildman–Crippen LogP) is 4.34. The molecule has 3 aliphatic rings. The van der Waals surface area contributed by atoms with Crippen molar-refractivity contribution in [3.05, 3.63) is 92.3 Å². The number of rotatable bonds is 10. The van der Waals surface area contributed by atoms with Gasteiger partial charge in [-0.1, -0.05) is 41.9 Å². The van der Waals surface area contributed by atoms with Gasteiger partial charge < -0.3 is 10.6 Å². The Morgan fingerprint density at radius 1 is 1.00 bits per heavy atom. The van der Waals surface area contributed by atoms with Crippen LogP contribution in [0.4, 0.5) is 5.69 Å². The van der Waals surface area contributed by atoms with Crippen molar-refractivity contribution in [2.75, 3.05) is 44.6 Å². The van der Waals surface area contributed by atoms with Crippen molar-refractivity contribution in [3.8, 4) is 5.00 Å². The number of hydrogen-bond donors (Lipinski definition) is 3. The van der Waals surface area contributed by atoms with Crippen LogP contribution in [-0.2, 0) is 20.9 Å². The fourth-order valence-corrected chi connectivity index (χ4v) is 8.30. The summed E-state index contributed by atoms with van der Waals surface area (Å²) >= 11 is 7.93. The Kier molecular flexibility index (Phi) is 10.3. The lowest BCUT2D eigenvalue weighted by Gasteiger charge is -2.35. The minimum atomic E-state index is -0.507. The second kappa shape index (κ2) is 15.0. The molecule has 51 heavy (non-hydrogen) atoms. The topological polar surface area (TPSA) is 137 Å². The summed E-state index contributed by atoms with van der Waals surface area (Å²) in [5, 5.41) is 19.5. The Hall–Kier alpha value is -4.43. The van der Waals surface area contributed by atoms with Crippen LogP contribution in [0.3, 0.4) is 0 Å². The van der Waals surface area contributed by atoms with E-state index < -0.39 is 12.1 Å². The summed E-state index contributed by atoms with van der Waals surface area (Å²) in [7, 11) is 0. The highest BCUT2D eigenvalue weighted by molar-refractivity contribution is 7.15. The first kappa shape index (κ1) is 35.0. The number of hydrogen-bond acceptors (Lipinski definition) is 10. The summed E-state index contributed by atoms with van der Waals surface area (Å²) in [5.41, 5.74) is 6.01. The van der Waals surface area contributed by atoms with Gasteiger partial charge in [-0.05, 0) is 56.5 Å². The van der Waals surface area contributed by atoms with Crippen LogP contribution in [0.2, 0.25) is 5.02 Å². The van der Waals surface area contributed by atoms with Crippen LogP contribution in [0, 0.1) is 20.8 Å². The lowest BCUT2D eigenvalue weighted by Crippen LogP contribution is -2.48. The number of aromatic nitrogens is 3. The predicted molar refractivity (Wildman–Crippen MR) is 199 cm³/mol. The van der Waals surface area contributed by atoms with Gasteiger partial charge >= 0.3 is 0 Å². The molecule has 12 nitrogen and oxygen atoms in total. The SMILES string of the molecule is Cc1sc2c(c1C)C(c1ccc(Cl)cc1)=N[C@@H](CC(=O)NCCN1CCN(Cc3ccccc3NC3CCC(=O)NC3=O)CC1)c1nnc(C)n1-2.